The van der Waals surface area contributed by atoms with Crippen LogP contribution in [0.25, 0.3) is 0 Å². The molecule has 0 aromatic heterocycles. The zero-order valence-electron chi connectivity index (χ0n) is 15.3. The van der Waals surface area contributed by atoms with Gasteiger partial charge in [-0.05, 0) is 49.4 Å². The molecule has 4 nitrogen and oxygen atoms in total. The quantitative estimate of drug-likeness (QED) is 0.841. The summed E-state index contributed by atoms with van der Waals surface area (Å²) in [5.41, 5.74) is 3.06. The van der Waals surface area contributed by atoms with Gasteiger partial charge in [0.05, 0.1) is 4.90 Å². The highest BCUT2D eigenvalue weighted by Gasteiger charge is 2.25. The van der Waals surface area contributed by atoms with E-state index in [0.29, 0.717) is 4.90 Å². The zero-order valence-corrected chi connectivity index (χ0v) is 16.9. The smallest absolute Gasteiger partial charge is 0.241 e. The molecule has 1 aliphatic rings. The maximum Gasteiger partial charge on any atom is 0.241 e. The number of aryl methyl sites for hydroxylation is 2. The van der Waals surface area contributed by atoms with E-state index >= 15 is 0 Å². The van der Waals surface area contributed by atoms with Gasteiger partial charge < -0.3 is 0 Å². The first-order valence-corrected chi connectivity index (χ1v) is 10.3. The molecule has 0 amide bonds. The minimum atomic E-state index is -3.46. The van der Waals surface area contributed by atoms with Crippen molar-refractivity contribution in [2.45, 2.75) is 44.2 Å². The Morgan fingerprint density at radius 3 is 2.35 bits per heavy atom. The maximum atomic E-state index is 12.7. The van der Waals surface area contributed by atoms with E-state index in [2.05, 4.69) is 33.9 Å². The van der Waals surface area contributed by atoms with E-state index in [-0.39, 0.29) is 18.4 Å². The lowest BCUT2D eigenvalue weighted by molar-refractivity contribution is 0.200. The van der Waals surface area contributed by atoms with Gasteiger partial charge in [0, 0.05) is 25.7 Å². The Morgan fingerprint density at radius 2 is 1.69 bits per heavy atom. The van der Waals surface area contributed by atoms with E-state index in [4.69, 9.17) is 0 Å². The standard InChI is InChI=1S/C20H26N2O2S.ClH/c1-16-8-9-17(2)20(14-16)25(23,24)21-19-10-12-22(13-11-19)15-18-6-4-3-5-7-18;/h3-9,14,19,21H,10-13,15H2,1-2H3;1H. The number of nitrogens with one attached hydrogen (secondary N) is 1. The maximum absolute atomic E-state index is 12.7. The van der Waals surface area contributed by atoms with Crippen molar-refractivity contribution in [2.24, 2.45) is 0 Å². The summed E-state index contributed by atoms with van der Waals surface area (Å²) in [5, 5.41) is 0. The molecule has 3 rings (SSSR count). The van der Waals surface area contributed by atoms with Crippen LogP contribution in [0, 0.1) is 13.8 Å². The Labute approximate surface area is 163 Å². The third-order valence-electron chi connectivity index (χ3n) is 4.79. The number of hydrogen-bond acceptors (Lipinski definition) is 3. The number of halogens is 1. The number of benzene rings is 2. The van der Waals surface area contributed by atoms with E-state index in [1.165, 1.54) is 5.56 Å². The van der Waals surface area contributed by atoms with Crippen LogP contribution in [0.5, 0.6) is 0 Å². The van der Waals surface area contributed by atoms with Gasteiger partial charge in [-0.15, -0.1) is 12.4 Å². The van der Waals surface area contributed by atoms with Gasteiger partial charge in [-0.1, -0.05) is 42.5 Å². The number of nitrogens with zero attached hydrogens (tertiary/aromatic N) is 1. The third-order valence-corrected chi connectivity index (χ3v) is 6.45. The van der Waals surface area contributed by atoms with Crippen LogP contribution in [-0.2, 0) is 16.6 Å². The van der Waals surface area contributed by atoms with Crippen LogP contribution in [0.1, 0.15) is 29.5 Å². The molecular formula is C20H27ClN2O2S. The average molecular weight is 395 g/mol. The lowest BCUT2D eigenvalue weighted by atomic mass is 10.1. The fraction of sp³-hybridized carbons (Fsp3) is 0.400. The van der Waals surface area contributed by atoms with Crippen LogP contribution in [0.4, 0.5) is 0 Å². The van der Waals surface area contributed by atoms with Crippen molar-refractivity contribution in [3.05, 3.63) is 65.2 Å². The Hall–Kier alpha value is -1.40. The summed E-state index contributed by atoms with van der Waals surface area (Å²) in [6.45, 7) is 6.51. The summed E-state index contributed by atoms with van der Waals surface area (Å²) in [7, 11) is -3.46. The van der Waals surface area contributed by atoms with Crippen LogP contribution >= 0.6 is 12.4 Å². The molecular weight excluding hydrogens is 368 g/mol. The lowest BCUT2D eigenvalue weighted by Gasteiger charge is -2.32. The average Bonchev–Trinajstić information content (AvgIpc) is 2.59. The highest BCUT2D eigenvalue weighted by atomic mass is 35.5. The van der Waals surface area contributed by atoms with Gasteiger partial charge in [-0.25, -0.2) is 13.1 Å². The summed E-state index contributed by atoms with van der Waals surface area (Å²) in [5.74, 6) is 0. The van der Waals surface area contributed by atoms with Gasteiger partial charge in [-0.3, -0.25) is 4.90 Å². The second-order valence-corrected chi connectivity index (χ2v) is 8.61. The van der Waals surface area contributed by atoms with Crippen LogP contribution in [0.2, 0.25) is 0 Å². The summed E-state index contributed by atoms with van der Waals surface area (Å²) >= 11 is 0. The number of likely N-dealkylation sites (tertiary alicyclic amines) is 1. The van der Waals surface area contributed by atoms with Gasteiger partial charge in [0.1, 0.15) is 0 Å². The summed E-state index contributed by atoms with van der Waals surface area (Å²) < 4.78 is 28.4. The van der Waals surface area contributed by atoms with Gasteiger partial charge >= 0.3 is 0 Å². The SMILES string of the molecule is Cc1ccc(C)c(S(=O)(=O)NC2CCN(Cc3ccccc3)CC2)c1.Cl. The fourth-order valence-electron chi connectivity index (χ4n) is 3.33. The molecule has 1 heterocycles. The molecule has 1 aliphatic heterocycles. The normalized spacial score (nSPS) is 16.2. The van der Waals surface area contributed by atoms with Crippen LogP contribution in [0.15, 0.2) is 53.4 Å². The van der Waals surface area contributed by atoms with Crippen molar-refractivity contribution in [1.29, 1.82) is 0 Å². The highest BCUT2D eigenvalue weighted by molar-refractivity contribution is 7.89. The summed E-state index contributed by atoms with van der Waals surface area (Å²) in [4.78, 5) is 2.79. The minimum absolute atomic E-state index is 0. The molecule has 0 spiro atoms. The molecule has 2 aromatic rings. The fourth-order valence-corrected chi connectivity index (χ4v) is 4.96. The number of sulfonamides is 1. The molecule has 0 unspecified atom stereocenters. The number of hydrogen-bond donors (Lipinski definition) is 1. The van der Waals surface area contributed by atoms with Crippen molar-refractivity contribution in [3.63, 3.8) is 0 Å². The summed E-state index contributed by atoms with van der Waals surface area (Å²) in [6.07, 6.45) is 1.69. The zero-order chi connectivity index (χ0) is 17.9. The van der Waals surface area contributed by atoms with Crippen molar-refractivity contribution >= 4 is 22.4 Å². The van der Waals surface area contributed by atoms with Gasteiger partial charge in [0.2, 0.25) is 10.0 Å². The van der Waals surface area contributed by atoms with Crippen LogP contribution < -0.4 is 4.72 Å². The number of piperidine rings is 1. The van der Waals surface area contributed by atoms with Crippen molar-refractivity contribution in [2.75, 3.05) is 13.1 Å². The molecule has 1 N–H and O–H groups in total. The first-order chi connectivity index (χ1) is 11.9. The Kier molecular flexibility index (Phi) is 7.24. The predicted octanol–water partition coefficient (Wildman–Crippen LogP) is 3.67. The molecule has 0 atom stereocenters. The molecule has 142 valence electrons. The molecule has 0 saturated carbocycles. The predicted molar refractivity (Wildman–Crippen MR) is 108 cm³/mol. The van der Waals surface area contributed by atoms with Crippen LogP contribution in [0.3, 0.4) is 0 Å². The molecule has 0 radical (unpaired) electrons. The van der Waals surface area contributed by atoms with Gasteiger partial charge in [0.15, 0.2) is 0 Å². The molecule has 0 aliphatic carbocycles. The second kappa shape index (κ2) is 9.00. The highest BCUT2D eigenvalue weighted by Crippen LogP contribution is 2.20. The molecule has 1 saturated heterocycles. The Morgan fingerprint density at radius 1 is 1.04 bits per heavy atom. The topological polar surface area (TPSA) is 49.4 Å². The van der Waals surface area contributed by atoms with E-state index in [0.717, 1.165) is 43.6 Å². The largest absolute Gasteiger partial charge is 0.299 e. The first kappa shape index (κ1) is 20.9. The monoisotopic (exact) mass is 394 g/mol. The van der Waals surface area contributed by atoms with E-state index in [9.17, 15) is 8.42 Å². The molecule has 6 heteroatoms. The molecule has 1 fully saturated rings. The number of rotatable bonds is 5. The Bertz CT molecular complexity index is 817. The van der Waals surface area contributed by atoms with Crippen molar-refractivity contribution in [3.8, 4) is 0 Å². The van der Waals surface area contributed by atoms with E-state index in [1.807, 2.05) is 32.0 Å². The minimum Gasteiger partial charge on any atom is -0.299 e. The van der Waals surface area contributed by atoms with Gasteiger partial charge in [0.25, 0.3) is 0 Å². The van der Waals surface area contributed by atoms with Gasteiger partial charge in [-0.2, -0.15) is 0 Å². The molecule has 0 bridgehead atoms. The Balaban J connectivity index is 0.00000243. The summed E-state index contributed by atoms with van der Waals surface area (Å²) in [6, 6.07) is 16.0. The van der Waals surface area contributed by atoms with E-state index in [1.54, 1.807) is 6.07 Å². The lowest BCUT2D eigenvalue weighted by Crippen LogP contribution is -2.44. The second-order valence-electron chi connectivity index (χ2n) is 6.93. The van der Waals surface area contributed by atoms with E-state index < -0.39 is 10.0 Å². The molecule has 2 aromatic carbocycles. The molecule has 26 heavy (non-hydrogen) atoms. The van der Waals surface area contributed by atoms with Crippen molar-refractivity contribution < 1.29 is 8.42 Å². The van der Waals surface area contributed by atoms with Crippen molar-refractivity contribution in [1.82, 2.24) is 9.62 Å². The first-order valence-electron chi connectivity index (χ1n) is 8.80. The third kappa shape index (κ3) is 5.30. The van der Waals surface area contributed by atoms with Crippen LogP contribution in [-0.4, -0.2) is 32.4 Å².